The zero-order valence-electron chi connectivity index (χ0n) is 29.5. The van der Waals surface area contributed by atoms with E-state index in [2.05, 4.69) is 20.5 Å². The van der Waals surface area contributed by atoms with Crippen LogP contribution in [0, 0.1) is 0 Å². The minimum absolute atomic E-state index is 0.0264. The number of allylic oxidation sites excluding steroid dienone is 3. The molecule has 1 unspecified atom stereocenters. The molecule has 0 saturated carbocycles. The number of nitrogens with one attached hydrogen (secondary N) is 1. The maximum Gasteiger partial charge on any atom is 0.296 e. The highest BCUT2D eigenvalue weighted by atomic mass is 32.2. The first-order valence-corrected chi connectivity index (χ1v) is 21.2. The van der Waals surface area contributed by atoms with E-state index in [4.69, 9.17) is 4.74 Å². The second kappa shape index (κ2) is 16.5. The molecule has 5 rings (SSSR count). The molecule has 3 amide bonds. The van der Waals surface area contributed by atoms with Crippen molar-refractivity contribution in [2.75, 3.05) is 25.6 Å². The Morgan fingerprint density at radius 2 is 1.64 bits per heavy atom. The maximum atomic E-state index is 13.8. The van der Waals surface area contributed by atoms with Crippen LogP contribution in [0.25, 0.3) is 11.8 Å². The monoisotopic (exact) mass is 882 g/mol. The standard InChI is InChI=1S/C31H29N7O16S4/c1-32-16-54-29-21(31(42)38(35-29)23-15-19(57(48,49)50)8-12-25(23)58(51,52)53)10-6-17(36-13-3-4-26(36)39)5-9-20-27(28(40)33-2)34-37(30(20)41)22-14-18(56(45,46)47)7-11-24(22)55(43)44/h5-12,14-16,41H,3-4,13H2,1-2H3,(H,33,40)(H,43,44)(H,45,46,47)(H,48,49,50)(H,51,52,53)/p-1/b9-5?,17-6?,21-10-,32-16?. The first-order valence-electron chi connectivity index (χ1n) is 15.8. The van der Waals surface area contributed by atoms with E-state index in [0.29, 0.717) is 40.4 Å². The number of nitrogens with zero attached hydrogens (tertiary/aromatic N) is 6. The third-order valence-electron chi connectivity index (χ3n) is 8.05. The van der Waals surface area contributed by atoms with Crippen LogP contribution in [0.1, 0.15) is 28.9 Å². The van der Waals surface area contributed by atoms with Gasteiger partial charge in [-0.1, -0.05) is 0 Å². The van der Waals surface area contributed by atoms with Crippen LogP contribution in [0.4, 0.5) is 5.69 Å². The minimum Gasteiger partial charge on any atom is -0.768 e. The largest absolute Gasteiger partial charge is 0.768 e. The predicted molar refractivity (Wildman–Crippen MR) is 198 cm³/mol. The van der Waals surface area contributed by atoms with Gasteiger partial charge in [0.05, 0.1) is 31.6 Å². The highest BCUT2D eigenvalue weighted by Gasteiger charge is 2.36. The molecule has 3 heterocycles. The Labute approximate surface area is 330 Å². The van der Waals surface area contributed by atoms with Gasteiger partial charge >= 0.3 is 0 Å². The average molecular weight is 883 g/mol. The van der Waals surface area contributed by atoms with Crippen molar-refractivity contribution in [2.24, 2.45) is 10.1 Å². The van der Waals surface area contributed by atoms with E-state index in [-0.39, 0.29) is 18.7 Å². The molecule has 23 nitrogen and oxygen atoms in total. The van der Waals surface area contributed by atoms with Crippen molar-refractivity contribution in [3.8, 4) is 11.6 Å². The van der Waals surface area contributed by atoms with Gasteiger partial charge in [-0.05, 0) is 78.2 Å². The lowest BCUT2D eigenvalue weighted by Crippen LogP contribution is -2.24. The molecule has 2 aromatic carbocycles. The zero-order chi connectivity index (χ0) is 42.9. The molecule has 2 aliphatic rings. The summed E-state index contributed by atoms with van der Waals surface area (Å²) in [6, 6.07) is 4.06. The number of ether oxygens (including phenoxy) is 1. The third-order valence-corrected chi connectivity index (χ3v) is 11.4. The number of hydrogen-bond acceptors (Lipinski definition) is 16. The smallest absolute Gasteiger partial charge is 0.296 e. The van der Waals surface area contributed by atoms with Crippen LogP contribution in [0.3, 0.4) is 0 Å². The van der Waals surface area contributed by atoms with Crippen molar-refractivity contribution in [2.45, 2.75) is 32.4 Å². The van der Waals surface area contributed by atoms with Gasteiger partial charge in [-0.25, -0.2) is 0 Å². The SMILES string of the molecule is CN=COC1=NN(c2cc(S(=O)(=O)O)ccc2S(=O)(=O)O)C(=O)/C1=C\C=C(C=Cc1c(C(=O)NC)nn(-c2cc(S(=O)(=O)O)ccc2S(=O)[O-])c1O)N1CCCC1=O. The molecule has 3 aromatic rings. The number of carbonyl (C=O) groups excluding carboxylic acids is 3. The van der Waals surface area contributed by atoms with Crippen LogP contribution in [0.5, 0.6) is 5.88 Å². The van der Waals surface area contributed by atoms with E-state index in [9.17, 15) is 67.2 Å². The van der Waals surface area contributed by atoms with E-state index < -0.39 is 119 Å². The molecule has 1 aromatic heterocycles. The number of aliphatic imine (C=N–C) groups is 1. The molecule has 1 atom stereocenters. The van der Waals surface area contributed by atoms with Crippen molar-refractivity contribution in [3.63, 3.8) is 0 Å². The second-order valence-corrected chi connectivity index (χ2v) is 16.8. The summed E-state index contributed by atoms with van der Waals surface area (Å²) in [4.78, 5) is 41.3. The van der Waals surface area contributed by atoms with Crippen LogP contribution < -0.4 is 10.3 Å². The van der Waals surface area contributed by atoms with Crippen molar-refractivity contribution >= 4 is 83.2 Å². The highest BCUT2D eigenvalue weighted by Crippen LogP contribution is 2.34. The fourth-order valence-corrected chi connectivity index (χ4v) is 7.57. The third kappa shape index (κ3) is 8.95. The number of likely N-dealkylation sites (tertiary alicyclic amines) is 1. The van der Waals surface area contributed by atoms with Crippen molar-refractivity contribution < 1.29 is 71.9 Å². The zero-order valence-corrected chi connectivity index (χ0v) is 32.7. The van der Waals surface area contributed by atoms with E-state index in [1.165, 1.54) is 31.1 Å². The molecule has 58 heavy (non-hydrogen) atoms. The number of aromatic nitrogens is 2. The molecule has 27 heteroatoms. The molecular formula is C31H28N7O16S4-. The lowest BCUT2D eigenvalue weighted by Gasteiger charge is -2.17. The Morgan fingerprint density at radius 3 is 2.19 bits per heavy atom. The molecule has 2 aliphatic heterocycles. The van der Waals surface area contributed by atoms with E-state index in [1.54, 1.807) is 0 Å². The van der Waals surface area contributed by atoms with Gasteiger partial charge in [0.1, 0.15) is 10.5 Å². The summed E-state index contributed by atoms with van der Waals surface area (Å²) < 4.78 is 131. The summed E-state index contributed by atoms with van der Waals surface area (Å²) in [5.41, 5.74) is -2.83. The molecule has 0 bridgehead atoms. The first-order chi connectivity index (χ1) is 27.1. The molecule has 308 valence electrons. The van der Waals surface area contributed by atoms with E-state index in [1.807, 2.05) is 0 Å². The maximum absolute atomic E-state index is 13.8. The quantitative estimate of drug-likeness (QED) is 0.0410. The van der Waals surface area contributed by atoms with Crippen LogP contribution in [-0.2, 0) is 55.8 Å². The fraction of sp³-hybridized carbons (Fsp3) is 0.161. The molecule has 1 fully saturated rings. The topological polar surface area (TPSA) is 345 Å². The fourth-order valence-electron chi connectivity index (χ4n) is 5.42. The van der Waals surface area contributed by atoms with Gasteiger partial charge in [-0.2, -0.15) is 40.0 Å². The summed E-state index contributed by atoms with van der Waals surface area (Å²) in [6.45, 7) is 0.118. The number of anilines is 1. The van der Waals surface area contributed by atoms with Crippen molar-refractivity contribution in [1.82, 2.24) is 20.0 Å². The van der Waals surface area contributed by atoms with Gasteiger partial charge in [0.2, 0.25) is 11.8 Å². The van der Waals surface area contributed by atoms with Gasteiger partial charge in [0, 0.05) is 32.8 Å². The predicted octanol–water partition coefficient (Wildman–Crippen LogP) is 0.397. The van der Waals surface area contributed by atoms with Crippen molar-refractivity contribution in [1.29, 1.82) is 0 Å². The first kappa shape index (κ1) is 43.2. The number of rotatable bonds is 12. The van der Waals surface area contributed by atoms with Gasteiger partial charge < -0.3 is 24.6 Å². The number of aromatic hydroxyl groups is 1. The molecular weight excluding hydrogens is 855 g/mol. The molecule has 0 radical (unpaired) electrons. The summed E-state index contributed by atoms with van der Waals surface area (Å²) in [6.07, 6.45) is 5.76. The van der Waals surface area contributed by atoms with Crippen LogP contribution in [-0.4, -0.2) is 118 Å². The Kier molecular flexibility index (Phi) is 12.3. The molecule has 0 spiro atoms. The van der Waals surface area contributed by atoms with Crippen LogP contribution >= 0.6 is 0 Å². The van der Waals surface area contributed by atoms with Gasteiger partial charge in [-0.3, -0.25) is 37.2 Å². The average Bonchev–Trinajstić information content (AvgIpc) is 3.82. The Balaban J connectivity index is 1.68. The van der Waals surface area contributed by atoms with Crippen LogP contribution in [0.15, 0.2) is 95.6 Å². The highest BCUT2D eigenvalue weighted by molar-refractivity contribution is 7.86. The van der Waals surface area contributed by atoms with Gasteiger partial charge in [0.15, 0.2) is 12.1 Å². The second-order valence-electron chi connectivity index (χ2n) is 11.7. The van der Waals surface area contributed by atoms with Gasteiger partial charge in [0.25, 0.3) is 48.1 Å². The Bertz CT molecular complexity index is 2770. The molecule has 5 N–H and O–H groups in total. The number of hydrogen-bond donors (Lipinski definition) is 5. The lowest BCUT2D eigenvalue weighted by molar-refractivity contribution is -0.125. The summed E-state index contributed by atoms with van der Waals surface area (Å²) in [7, 11) is -12.5. The number of carbonyl (C=O) groups is 3. The normalized spacial score (nSPS) is 16.9. The number of amides is 3. The molecule has 1 saturated heterocycles. The Morgan fingerprint density at radius 1 is 1.00 bits per heavy atom. The number of hydrazone groups is 1. The lowest BCUT2D eigenvalue weighted by atomic mass is 10.1. The van der Waals surface area contributed by atoms with Crippen LogP contribution in [0.2, 0.25) is 0 Å². The number of benzene rings is 2. The summed E-state index contributed by atoms with van der Waals surface area (Å²) >= 11 is -3.07. The summed E-state index contributed by atoms with van der Waals surface area (Å²) in [5.74, 6) is -3.99. The summed E-state index contributed by atoms with van der Waals surface area (Å²) in [5, 5.41) is 21.8. The molecule has 0 aliphatic carbocycles. The van der Waals surface area contributed by atoms with E-state index in [0.717, 1.165) is 30.7 Å². The van der Waals surface area contributed by atoms with Gasteiger partial charge in [-0.15, -0.1) is 5.10 Å². The van der Waals surface area contributed by atoms with E-state index >= 15 is 0 Å². The van der Waals surface area contributed by atoms with Crippen molar-refractivity contribution in [3.05, 3.63) is 77.2 Å². The minimum atomic E-state index is -5.15. The Hall–Kier alpha value is -5.94.